The molecule has 2 rings (SSSR count). The molecule has 142 valence electrons. The molecule has 26 heavy (non-hydrogen) atoms. The van der Waals surface area contributed by atoms with Gasteiger partial charge in [-0.3, -0.25) is 4.68 Å². The summed E-state index contributed by atoms with van der Waals surface area (Å²) in [7, 11) is 1.75. The second kappa shape index (κ2) is 9.48. The molecule has 1 N–H and O–H groups in total. The topological polar surface area (TPSA) is 59.4 Å². The largest absolute Gasteiger partial charge is 0.492 e. The van der Waals surface area contributed by atoms with Crippen LogP contribution in [0.15, 0.2) is 30.3 Å². The van der Waals surface area contributed by atoms with Gasteiger partial charge >= 0.3 is 6.03 Å². The van der Waals surface area contributed by atoms with Gasteiger partial charge in [0, 0.05) is 30.9 Å². The number of hydrogen-bond donors (Lipinski definition) is 1. The van der Waals surface area contributed by atoms with Gasteiger partial charge in [0.25, 0.3) is 0 Å². The van der Waals surface area contributed by atoms with Crippen LogP contribution in [0.2, 0.25) is 5.02 Å². The normalized spacial score (nSPS) is 11.9. The number of nitrogens with one attached hydrogen (secondary N) is 1. The number of aryl methyl sites for hydroxylation is 2. The maximum absolute atomic E-state index is 12.2. The van der Waals surface area contributed by atoms with Crippen LogP contribution in [0.3, 0.4) is 0 Å². The molecule has 0 saturated heterocycles. The Hall–Kier alpha value is -2.21. The summed E-state index contributed by atoms with van der Waals surface area (Å²) >= 11 is 5.92. The number of likely N-dealkylation sites (N-methyl/N-ethyl adjacent to an activating group) is 1. The quantitative estimate of drug-likeness (QED) is 0.764. The number of nitrogens with zero attached hydrogens (tertiary/aromatic N) is 3. The van der Waals surface area contributed by atoms with Crippen molar-refractivity contribution in [3.8, 4) is 5.75 Å². The number of rotatable bonds is 8. The van der Waals surface area contributed by atoms with E-state index in [2.05, 4.69) is 23.4 Å². The van der Waals surface area contributed by atoms with Gasteiger partial charge in [0.1, 0.15) is 12.4 Å². The minimum atomic E-state index is -0.111. The Morgan fingerprint density at radius 1 is 1.38 bits per heavy atom. The van der Waals surface area contributed by atoms with Crippen LogP contribution in [0.5, 0.6) is 5.75 Å². The molecule has 0 radical (unpaired) electrons. The van der Waals surface area contributed by atoms with Gasteiger partial charge in [-0.1, -0.05) is 24.6 Å². The predicted octanol–water partition coefficient (Wildman–Crippen LogP) is 3.51. The fraction of sp³-hybridized carbons (Fsp3) is 0.474. The van der Waals surface area contributed by atoms with Crippen LogP contribution in [0.25, 0.3) is 0 Å². The van der Waals surface area contributed by atoms with Gasteiger partial charge in [-0.15, -0.1) is 0 Å². The number of amides is 2. The molecule has 1 aromatic heterocycles. The zero-order chi connectivity index (χ0) is 19.1. The third kappa shape index (κ3) is 6.26. The minimum Gasteiger partial charge on any atom is -0.492 e. The molecule has 1 heterocycles. The highest BCUT2D eigenvalue weighted by Gasteiger charge is 2.12. The summed E-state index contributed by atoms with van der Waals surface area (Å²) in [4.78, 5) is 13.8. The molecule has 6 nitrogen and oxygen atoms in total. The summed E-state index contributed by atoms with van der Waals surface area (Å²) in [5, 5.41) is 8.04. The minimum absolute atomic E-state index is 0.111. The Kier molecular flexibility index (Phi) is 7.33. The standard InChI is InChI=1S/C19H27ClN4O2/c1-14(13-24-16(3)10-15(2)22-24)12-21-19(25)23(4)8-9-26-18-7-5-6-17(20)11-18/h5-7,10-11,14H,8-9,12-13H2,1-4H3,(H,21,25). The van der Waals surface area contributed by atoms with Crippen LogP contribution in [0.4, 0.5) is 4.79 Å². The molecule has 0 aliphatic heterocycles. The number of ether oxygens (including phenoxy) is 1. The lowest BCUT2D eigenvalue weighted by Gasteiger charge is -2.20. The maximum atomic E-state index is 12.2. The fourth-order valence-electron chi connectivity index (χ4n) is 2.57. The fourth-order valence-corrected chi connectivity index (χ4v) is 2.76. The number of carbonyl (C=O) groups excluding carboxylic acids is 1. The van der Waals surface area contributed by atoms with Crippen molar-refractivity contribution in [1.29, 1.82) is 0 Å². The van der Waals surface area contributed by atoms with Crippen molar-refractivity contribution in [3.05, 3.63) is 46.7 Å². The van der Waals surface area contributed by atoms with Crippen molar-refractivity contribution < 1.29 is 9.53 Å². The van der Waals surface area contributed by atoms with Crippen LogP contribution in [0, 0.1) is 19.8 Å². The highest BCUT2D eigenvalue weighted by molar-refractivity contribution is 6.30. The Bertz CT molecular complexity index is 732. The second-order valence-electron chi connectivity index (χ2n) is 6.63. The van der Waals surface area contributed by atoms with E-state index >= 15 is 0 Å². The van der Waals surface area contributed by atoms with Crippen molar-refractivity contribution in [2.24, 2.45) is 5.92 Å². The molecule has 2 aromatic rings. The van der Waals surface area contributed by atoms with Gasteiger partial charge in [0.05, 0.1) is 12.2 Å². The molecule has 2 amide bonds. The van der Waals surface area contributed by atoms with Gasteiger partial charge in [0.15, 0.2) is 0 Å². The maximum Gasteiger partial charge on any atom is 0.317 e. The summed E-state index contributed by atoms with van der Waals surface area (Å²) in [5.41, 5.74) is 2.15. The summed E-state index contributed by atoms with van der Waals surface area (Å²) in [6.45, 7) is 8.39. The number of aromatic nitrogens is 2. The highest BCUT2D eigenvalue weighted by atomic mass is 35.5. The molecule has 1 unspecified atom stereocenters. The number of urea groups is 1. The van der Waals surface area contributed by atoms with Gasteiger partial charge in [-0.25, -0.2) is 4.79 Å². The molecule has 0 aliphatic carbocycles. The lowest BCUT2D eigenvalue weighted by molar-refractivity contribution is 0.193. The molecule has 1 atom stereocenters. The van der Waals surface area contributed by atoms with E-state index in [0.29, 0.717) is 30.5 Å². The smallest absolute Gasteiger partial charge is 0.317 e. The first-order valence-corrected chi connectivity index (χ1v) is 9.11. The third-order valence-electron chi connectivity index (χ3n) is 4.03. The first-order valence-electron chi connectivity index (χ1n) is 8.73. The Labute approximate surface area is 160 Å². The van der Waals surface area contributed by atoms with E-state index in [1.807, 2.05) is 30.7 Å². The average molecular weight is 379 g/mol. The first kappa shape index (κ1) is 20.1. The van der Waals surface area contributed by atoms with E-state index in [-0.39, 0.29) is 11.9 Å². The number of benzene rings is 1. The molecular formula is C19H27ClN4O2. The van der Waals surface area contributed by atoms with Crippen LogP contribution in [0.1, 0.15) is 18.3 Å². The van der Waals surface area contributed by atoms with E-state index in [4.69, 9.17) is 16.3 Å². The zero-order valence-corrected chi connectivity index (χ0v) is 16.6. The van der Waals surface area contributed by atoms with Gasteiger partial charge in [0.2, 0.25) is 0 Å². The van der Waals surface area contributed by atoms with Crippen LogP contribution >= 0.6 is 11.6 Å². The molecule has 0 aliphatic rings. The lowest BCUT2D eigenvalue weighted by Crippen LogP contribution is -2.41. The predicted molar refractivity (Wildman–Crippen MR) is 104 cm³/mol. The number of hydrogen-bond acceptors (Lipinski definition) is 3. The molecule has 1 aromatic carbocycles. The summed E-state index contributed by atoms with van der Waals surface area (Å²) in [5.74, 6) is 0.984. The average Bonchev–Trinajstić information content (AvgIpc) is 2.89. The third-order valence-corrected chi connectivity index (χ3v) is 4.26. The first-order chi connectivity index (χ1) is 12.3. The summed E-state index contributed by atoms with van der Waals surface area (Å²) in [6.07, 6.45) is 0. The molecule has 0 fully saturated rings. The Morgan fingerprint density at radius 3 is 2.81 bits per heavy atom. The van der Waals surface area contributed by atoms with Crippen LogP contribution in [-0.4, -0.2) is 47.5 Å². The zero-order valence-electron chi connectivity index (χ0n) is 15.8. The van der Waals surface area contributed by atoms with E-state index in [9.17, 15) is 4.79 Å². The van der Waals surface area contributed by atoms with Gasteiger partial charge in [-0.2, -0.15) is 5.10 Å². The Morgan fingerprint density at radius 2 is 2.15 bits per heavy atom. The van der Waals surface area contributed by atoms with E-state index in [1.165, 1.54) is 0 Å². The molecule has 0 spiro atoms. The van der Waals surface area contributed by atoms with Crippen molar-refractivity contribution in [1.82, 2.24) is 20.0 Å². The van der Waals surface area contributed by atoms with Crippen LogP contribution in [-0.2, 0) is 6.54 Å². The van der Waals surface area contributed by atoms with Gasteiger partial charge < -0.3 is 15.0 Å². The molecule has 0 saturated carbocycles. The van der Waals surface area contributed by atoms with Crippen molar-refractivity contribution >= 4 is 17.6 Å². The lowest BCUT2D eigenvalue weighted by atomic mass is 10.2. The van der Waals surface area contributed by atoms with Gasteiger partial charge in [-0.05, 0) is 44.0 Å². The summed E-state index contributed by atoms with van der Waals surface area (Å²) in [6, 6.07) is 9.16. The van der Waals surface area contributed by atoms with E-state index in [1.54, 1.807) is 24.1 Å². The molecule has 7 heteroatoms. The second-order valence-corrected chi connectivity index (χ2v) is 7.06. The van der Waals surface area contributed by atoms with Crippen LogP contribution < -0.4 is 10.1 Å². The highest BCUT2D eigenvalue weighted by Crippen LogP contribution is 2.16. The van der Waals surface area contributed by atoms with E-state index < -0.39 is 0 Å². The van der Waals surface area contributed by atoms with E-state index in [0.717, 1.165) is 17.9 Å². The van der Waals surface area contributed by atoms with Crippen molar-refractivity contribution in [3.63, 3.8) is 0 Å². The number of carbonyl (C=O) groups is 1. The molecule has 0 bridgehead atoms. The SMILES string of the molecule is Cc1cc(C)n(CC(C)CNC(=O)N(C)CCOc2cccc(Cl)c2)n1. The summed E-state index contributed by atoms with van der Waals surface area (Å²) < 4.78 is 7.59. The van der Waals surface area contributed by atoms with Crippen molar-refractivity contribution in [2.75, 3.05) is 26.7 Å². The van der Waals surface area contributed by atoms with Crippen molar-refractivity contribution in [2.45, 2.75) is 27.3 Å². The molecular weight excluding hydrogens is 352 g/mol. The monoisotopic (exact) mass is 378 g/mol. The number of halogens is 1. The Balaban J connectivity index is 1.68.